The van der Waals surface area contributed by atoms with Gasteiger partial charge in [0, 0.05) is 31.7 Å². The van der Waals surface area contributed by atoms with Crippen LogP contribution in [0, 0.1) is 5.92 Å². The lowest BCUT2D eigenvalue weighted by atomic mass is 9.88. The Labute approximate surface area is 191 Å². The quantitative estimate of drug-likeness (QED) is 0.511. The van der Waals surface area contributed by atoms with Gasteiger partial charge in [0.1, 0.15) is 5.82 Å². The Hall–Kier alpha value is -2.72. The smallest absolute Gasteiger partial charge is 0.231 e. The van der Waals surface area contributed by atoms with E-state index in [0.717, 1.165) is 44.8 Å². The Morgan fingerprint density at radius 2 is 1.75 bits per heavy atom. The first-order chi connectivity index (χ1) is 15.8. The van der Waals surface area contributed by atoms with Crippen LogP contribution in [0.1, 0.15) is 50.0 Å². The summed E-state index contributed by atoms with van der Waals surface area (Å²) in [4.78, 5) is 22.4. The number of carbonyl (C=O) groups excluding carboxylic acids is 1. The van der Waals surface area contributed by atoms with E-state index in [-0.39, 0.29) is 11.8 Å². The minimum absolute atomic E-state index is 0.162. The fraction of sp³-hybridized carbons (Fsp3) is 0.429. The van der Waals surface area contributed by atoms with Gasteiger partial charge in [-0.3, -0.25) is 9.69 Å². The summed E-state index contributed by atoms with van der Waals surface area (Å²) in [5.41, 5.74) is 1.44. The van der Waals surface area contributed by atoms with E-state index in [0.29, 0.717) is 5.92 Å². The standard InChI is InChI=1S/C28H33N3O/c32-28(23-9-2-1-3-10-23)31(27-12-6-7-16-29-27)19-18-30-17-15-26(21-30)25-14-13-22-8-4-5-11-24(22)20-25/h4-8,11-14,16,20,23,26H,1-3,9-10,15,17-19,21H2/t26-/m1/s1. The summed E-state index contributed by atoms with van der Waals surface area (Å²) in [6, 6.07) is 21.4. The first kappa shape index (κ1) is 21.1. The zero-order valence-corrected chi connectivity index (χ0v) is 18.8. The van der Waals surface area contributed by atoms with E-state index in [2.05, 4.69) is 52.3 Å². The van der Waals surface area contributed by atoms with Crippen molar-refractivity contribution in [3.8, 4) is 0 Å². The molecule has 166 valence electrons. The van der Waals surface area contributed by atoms with Crippen molar-refractivity contribution in [2.24, 2.45) is 5.92 Å². The highest BCUT2D eigenvalue weighted by molar-refractivity contribution is 5.94. The maximum Gasteiger partial charge on any atom is 0.231 e. The fourth-order valence-corrected chi connectivity index (χ4v) is 5.43. The van der Waals surface area contributed by atoms with Crippen LogP contribution in [0.2, 0.25) is 0 Å². The molecule has 0 unspecified atom stereocenters. The van der Waals surface area contributed by atoms with Crippen LogP contribution < -0.4 is 4.90 Å². The molecule has 1 saturated heterocycles. The van der Waals surface area contributed by atoms with Gasteiger partial charge in [-0.05, 0) is 60.2 Å². The Bertz CT molecular complexity index is 1040. The van der Waals surface area contributed by atoms with Crippen molar-refractivity contribution >= 4 is 22.5 Å². The number of likely N-dealkylation sites (tertiary alicyclic amines) is 1. The Kier molecular flexibility index (Phi) is 6.49. The normalized spacial score (nSPS) is 19.9. The molecule has 3 aromatic rings. The molecule has 4 nitrogen and oxygen atoms in total. The van der Waals surface area contributed by atoms with Gasteiger partial charge < -0.3 is 4.90 Å². The molecule has 1 aliphatic heterocycles. The molecule has 2 aliphatic rings. The molecule has 4 heteroatoms. The van der Waals surface area contributed by atoms with Crippen LogP contribution in [0.15, 0.2) is 66.9 Å². The lowest BCUT2D eigenvalue weighted by molar-refractivity contribution is -0.123. The number of aromatic nitrogens is 1. The maximum absolute atomic E-state index is 13.4. The van der Waals surface area contributed by atoms with Gasteiger partial charge in [-0.15, -0.1) is 0 Å². The third-order valence-electron chi connectivity index (χ3n) is 7.30. The van der Waals surface area contributed by atoms with Crippen molar-refractivity contribution in [1.29, 1.82) is 0 Å². The molecule has 1 aliphatic carbocycles. The Morgan fingerprint density at radius 1 is 0.938 bits per heavy atom. The van der Waals surface area contributed by atoms with E-state index in [1.54, 1.807) is 6.20 Å². The highest BCUT2D eigenvalue weighted by Gasteiger charge is 2.29. The first-order valence-corrected chi connectivity index (χ1v) is 12.2. The van der Waals surface area contributed by atoms with E-state index in [9.17, 15) is 4.79 Å². The predicted molar refractivity (Wildman–Crippen MR) is 131 cm³/mol. The number of nitrogens with zero attached hydrogens (tertiary/aromatic N) is 3. The van der Waals surface area contributed by atoms with Gasteiger partial charge in [0.15, 0.2) is 0 Å². The Morgan fingerprint density at radius 3 is 2.56 bits per heavy atom. The number of amides is 1. The summed E-state index contributed by atoms with van der Waals surface area (Å²) in [7, 11) is 0. The second kappa shape index (κ2) is 9.83. The van der Waals surface area contributed by atoms with Gasteiger partial charge >= 0.3 is 0 Å². The summed E-state index contributed by atoms with van der Waals surface area (Å²) < 4.78 is 0. The summed E-state index contributed by atoms with van der Waals surface area (Å²) in [5, 5.41) is 2.63. The van der Waals surface area contributed by atoms with Crippen molar-refractivity contribution in [1.82, 2.24) is 9.88 Å². The number of hydrogen-bond donors (Lipinski definition) is 0. The van der Waals surface area contributed by atoms with Crippen LogP contribution in [-0.4, -0.2) is 42.0 Å². The largest absolute Gasteiger partial charge is 0.301 e. The summed E-state index contributed by atoms with van der Waals surface area (Å²) in [6.07, 6.45) is 8.63. The average Bonchev–Trinajstić information content (AvgIpc) is 3.34. The zero-order valence-electron chi connectivity index (χ0n) is 18.8. The molecule has 0 radical (unpaired) electrons. The highest BCUT2D eigenvalue weighted by Crippen LogP contribution is 2.30. The summed E-state index contributed by atoms with van der Waals surface area (Å²) in [5.74, 6) is 1.80. The number of carbonyl (C=O) groups is 1. The predicted octanol–water partition coefficient (Wildman–Crippen LogP) is 5.64. The zero-order chi connectivity index (χ0) is 21.8. The molecule has 2 fully saturated rings. The van der Waals surface area contributed by atoms with Gasteiger partial charge in [0.25, 0.3) is 0 Å². The molecule has 0 bridgehead atoms. The molecule has 0 N–H and O–H groups in total. The van der Waals surface area contributed by atoms with Crippen LogP contribution >= 0.6 is 0 Å². The van der Waals surface area contributed by atoms with Crippen LogP contribution in [-0.2, 0) is 4.79 Å². The van der Waals surface area contributed by atoms with E-state index < -0.39 is 0 Å². The third kappa shape index (κ3) is 4.71. The molecule has 32 heavy (non-hydrogen) atoms. The second-order valence-corrected chi connectivity index (χ2v) is 9.41. The monoisotopic (exact) mass is 427 g/mol. The van der Waals surface area contributed by atoms with Gasteiger partial charge in [-0.2, -0.15) is 0 Å². The second-order valence-electron chi connectivity index (χ2n) is 9.41. The summed E-state index contributed by atoms with van der Waals surface area (Å²) >= 11 is 0. The van der Waals surface area contributed by atoms with Crippen LogP contribution in [0.3, 0.4) is 0 Å². The number of rotatable bonds is 6. The average molecular weight is 428 g/mol. The minimum Gasteiger partial charge on any atom is -0.301 e. The number of anilines is 1. The minimum atomic E-state index is 0.162. The van der Waals surface area contributed by atoms with Crippen LogP contribution in [0.5, 0.6) is 0 Å². The molecule has 1 aromatic heterocycles. The molecule has 2 aromatic carbocycles. The van der Waals surface area contributed by atoms with E-state index in [4.69, 9.17) is 0 Å². The molecule has 2 heterocycles. The maximum atomic E-state index is 13.4. The molecule has 5 rings (SSSR count). The van der Waals surface area contributed by atoms with E-state index in [1.807, 2.05) is 23.1 Å². The first-order valence-electron chi connectivity index (χ1n) is 12.2. The molecule has 1 atom stereocenters. The SMILES string of the molecule is O=C(C1CCCCC1)N(CCN1CC[C@@H](c2ccc3ccccc3c2)C1)c1ccccn1. The fourth-order valence-electron chi connectivity index (χ4n) is 5.43. The molecule has 1 amide bonds. The molecular weight excluding hydrogens is 394 g/mol. The number of fused-ring (bicyclic) bond motifs is 1. The lowest BCUT2D eigenvalue weighted by Crippen LogP contribution is -2.42. The van der Waals surface area contributed by atoms with Crippen molar-refractivity contribution in [3.63, 3.8) is 0 Å². The number of pyridine rings is 1. The van der Waals surface area contributed by atoms with Crippen molar-refractivity contribution < 1.29 is 4.79 Å². The van der Waals surface area contributed by atoms with E-state index in [1.165, 1.54) is 42.0 Å². The lowest BCUT2D eigenvalue weighted by Gasteiger charge is -2.30. The highest BCUT2D eigenvalue weighted by atomic mass is 16.2. The van der Waals surface area contributed by atoms with Gasteiger partial charge in [-0.25, -0.2) is 4.98 Å². The van der Waals surface area contributed by atoms with Gasteiger partial charge in [-0.1, -0.05) is 67.8 Å². The van der Waals surface area contributed by atoms with Crippen LogP contribution in [0.4, 0.5) is 5.82 Å². The molecule has 1 saturated carbocycles. The van der Waals surface area contributed by atoms with Crippen LogP contribution in [0.25, 0.3) is 10.8 Å². The van der Waals surface area contributed by atoms with E-state index >= 15 is 0 Å². The van der Waals surface area contributed by atoms with Crippen molar-refractivity contribution in [2.45, 2.75) is 44.4 Å². The summed E-state index contributed by atoms with van der Waals surface area (Å²) in [6.45, 7) is 3.77. The van der Waals surface area contributed by atoms with Gasteiger partial charge in [0.05, 0.1) is 0 Å². The molecule has 0 spiro atoms. The number of benzene rings is 2. The topological polar surface area (TPSA) is 36.4 Å². The van der Waals surface area contributed by atoms with Crippen molar-refractivity contribution in [3.05, 3.63) is 72.4 Å². The Balaban J connectivity index is 1.24. The molecular formula is C28H33N3O. The van der Waals surface area contributed by atoms with Gasteiger partial charge in [0.2, 0.25) is 5.91 Å². The third-order valence-corrected chi connectivity index (χ3v) is 7.30. The van der Waals surface area contributed by atoms with Crippen molar-refractivity contribution in [2.75, 3.05) is 31.1 Å². The number of hydrogen-bond acceptors (Lipinski definition) is 3.